The van der Waals surface area contributed by atoms with Gasteiger partial charge < -0.3 is 9.84 Å². The Kier molecular flexibility index (Phi) is 5.63. The zero-order valence-corrected chi connectivity index (χ0v) is 19.2. The van der Waals surface area contributed by atoms with Gasteiger partial charge in [-0.3, -0.25) is 4.90 Å². The van der Waals surface area contributed by atoms with Crippen LogP contribution >= 0.6 is 11.6 Å². The fraction of sp³-hybridized carbons (Fsp3) is 0.115. The summed E-state index contributed by atoms with van der Waals surface area (Å²) in [6.45, 7) is 3.67. The van der Waals surface area contributed by atoms with E-state index in [2.05, 4.69) is 15.5 Å². The van der Waals surface area contributed by atoms with Gasteiger partial charge in [-0.15, -0.1) is 0 Å². The Morgan fingerprint density at radius 1 is 1.03 bits per heavy atom. The number of nitrogens with one attached hydrogen (secondary N) is 1. The molecule has 170 valence electrons. The minimum atomic E-state index is -0.683. The molecule has 0 radical (unpaired) electrons. The van der Waals surface area contributed by atoms with Crippen molar-refractivity contribution in [3.8, 4) is 11.4 Å². The minimum Gasteiger partial charge on any atom is -0.334 e. The number of hydrogen-bond acceptors (Lipinski definition) is 4. The largest absolute Gasteiger partial charge is 0.334 e. The van der Waals surface area contributed by atoms with Crippen LogP contribution in [0.25, 0.3) is 17.0 Å². The van der Waals surface area contributed by atoms with E-state index in [4.69, 9.17) is 16.1 Å². The molecule has 0 fully saturated rings. The van der Waals surface area contributed by atoms with Crippen molar-refractivity contribution in [2.75, 3.05) is 4.90 Å². The maximum atomic E-state index is 14.1. The van der Waals surface area contributed by atoms with Crippen LogP contribution in [0.4, 0.5) is 14.9 Å². The van der Waals surface area contributed by atoms with Gasteiger partial charge in [-0.1, -0.05) is 59.2 Å². The van der Waals surface area contributed by atoms with E-state index in [0.29, 0.717) is 33.4 Å². The second kappa shape index (κ2) is 8.76. The molecule has 8 heteroatoms. The number of urea groups is 1. The van der Waals surface area contributed by atoms with E-state index in [9.17, 15) is 9.18 Å². The standard InChI is InChI=1S/C26H20ClFN4O2/c1-15-13-20(11-12-21(15)27)32-16(2)22(23(29-26(32)33)18-9-6-10-19(28)14-18)25-30-24(31-34-25)17-7-4-3-5-8-17/h3-14,23H,1-2H3,(H,29,33). The molecule has 1 N–H and O–H groups in total. The van der Waals surface area contributed by atoms with Gasteiger partial charge in [-0.25, -0.2) is 9.18 Å². The van der Waals surface area contributed by atoms with Gasteiger partial charge in [0.1, 0.15) is 5.82 Å². The molecule has 1 aliphatic heterocycles. The number of carbonyl (C=O) groups is 1. The van der Waals surface area contributed by atoms with Gasteiger partial charge in [0.15, 0.2) is 0 Å². The van der Waals surface area contributed by atoms with Crippen LogP contribution in [-0.4, -0.2) is 16.2 Å². The number of allylic oxidation sites excluding steroid dienone is 1. The third-order valence-corrected chi connectivity index (χ3v) is 6.18. The Morgan fingerprint density at radius 2 is 1.82 bits per heavy atom. The third-order valence-electron chi connectivity index (χ3n) is 5.75. The van der Waals surface area contributed by atoms with Crippen LogP contribution in [0, 0.1) is 12.7 Å². The molecule has 2 amide bonds. The average molecular weight is 475 g/mol. The van der Waals surface area contributed by atoms with Crippen molar-refractivity contribution in [3.05, 3.63) is 106 Å². The van der Waals surface area contributed by atoms with Crippen LogP contribution in [0.3, 0.4) is 0 Å². The second-order valence-electron chi connectivity index (χ2n) is 7.99. The summed E-state index contributed by atoms with van der Waals surface area (Å²) in [5.41, 5.74) is 3.99. The second-order valence-corrected chi connectivity index (χ2v) is 8.40. The van der Waals surface area contributed by atoms with Crippen LogP contribution in [0.5, 0.6) is 0 Å². The predicted octanol–water partition coefficient (Wildman–Crippen LogP) is 6.54. The van der Waals surface area contributed by atoms with Crippen LogP contribution in [0.1, 0.15) is 30.0 Å². The normalized spacial score (nSPS) is 16.1. The van der Waals surface area contributed by atoms with Gasteiger partial charge in [-0.05, 0) is 55.3 Å². The van der Waals surface area contributed by atoms with Crippen molar-refractivity contribution in [1.82, 2.24) is 15.5 Å². The number of halogens is 2. The highest BCUT2D eigenvalue weighted by molar-refractivity contribution is 6.31. The third kappa shape index (κ3) is 3.95. The fourth-order valence-corrected chi connectivity index (χ4v) is 4.19. The highest BCUT2D eigenvalue weighted by atomic mass is 35.5. The van der Waals surface area contributed by atoms with E-state index in [1.165, 1.54) is 17.0 Å². The average Bonchev–Trinajstić information content (AvgIpc) is 3.31. The fourth-order valence-electron chi connectivity index (χ4n) is 4.07. The first kappa shape index (κ1) is 21.9. The molecule has 6 nitrogen and oxygen atoms in total. The molecular weight excluding hydrogens is 455 g/mol. The lowest BCUT2D eigenvalue weighted by atomic mass is 9.94. The molecular formula is C26H20ClFN4O2. The van der Waals surface area contributed by atoms with E-state index in [-0.39, 0.29) is 11.9 Å². The van der Waals surface area contributed by atoms with E-state index >= 15 is 0 Å². The SMILES string of the molecule is CC1=C(c2nc(-c3ccccc3)no2)C(c2cccc(F)c2)NC(=O)N1c1ccc(Cl)c(C)c1. The first-order chi connectivity index (χ1) is 16.4. The quantitative estimate of drug-likeness (QED) is 0.364. The molecule has 0 spiro atoms. The monoisotopic (exact) mass is 474 g/mol. The number of nitrogens with zero attached hydrogens (tertiary/aromatic N) is 3. The first-order valence-corrected chi connectivity index (χ1v) is 11.0. The molecule has 5 rings (SSSR count). The van der Waals surface area contributed by atoms with Gasteiger partial charge >= 0.3 is 6.03 Å². The predicted molar refractivity (Wildman–Crippen MR) is 129 cm³/mol. The molecule has 2 heterocycles. The Balaban J connectivity index is 1.67. The van der Waals surface area contributed by atoms with Gasteiger partial charge in [0.2, 0.25) is 5.82 Å². The maximum absolute atomic E-state index is 14.1. The molecule has 0 saturated carbocycles. The molecule has 1 aliphatic rings. The van der Waals surface area contributed by atoms with E-state index in [0.717, 1.165) is 11.1 Å². The number of amides is 2. The minimum absolute atomic E-state index is 0.237. The highest BCUT2D eigenvalue weighted by Crippen LogP contribution is 2.39. The molecule has 0 bridgehead atoms. The lowest BCUT2D eigenvalue weighted by molar-refractivity contribution is 0.244. The van der Waals surface area contributed by atoms with Crippen molar-refractivity contribution >= 4 is 28.9 Å². The summed E-state index contributed by atoms with van der Waals surface area (Å²) in [4.78, 5) is 19.4. The smallest absolute Gasteiger partial charge is 0.326 e. The lowest BCUT2D eigenvalue weighted by Crippen LogP contribution is -2.46. The summed E-state index contributed by atoms with van der Waals surface area (Å²) in [5, 5.41) is 7.72. The maximum Gasteiger partial charge on any atom is 0.326 e. The molecule has 1 unspecified atom stereocenters. The molecule has 1 atom stereocenters. The van der Waals surface area contributed by atoms with Crippen LogP contribution in [-0.2, 0) is 0 Å². The van der Waals surface area contributed by atoms with Crippen molar-refractivity contribution < 1.29 is 13.7 Å². The Hall–Kier alpha value is -3.97. The van der Waals surface area contributed by atoms with Crippen molar-refractivity contribution in [2.24, 2.45) is 0 Å². The van der Waals surface area contributed by atoms with Gasteiger partial charge in [0, 0.05) is 16.3 Å². The number of anilines is 1. The summed E-state index contributed by atoms with van der Waals surface area (Å²) >= 11 is 6.20. The molecule has 0 aliphatic carbocycles. The Labute approximate surface area is 200 Å². The van der Waals surface area contributed by atoms with Crippen molar-refractivity contribution in [1.29, 1.82) is 0 Å². The topological polar surface area (TPSA) is 71.3 Å². The summed E-state index contributed by atoms with van der Waals surface area (Å²) in [7, 11) is 0. The number of rotatable bonds is 4. The van der Waals surface area contributed by atoms with Gasteiger partial charge in [0.05, 0.1) is 17.3 Å². The van der Waals surface area contributed by atoms with E-state index in [1.807, 2.05) is 43.3 Å². The number of hydrogen-bond donors (Lipinski definition) is 1. The molecule has 1 aromatic heterocycles. The Morgan fingerprint density at radius 3 is 2.56 bits per heavy atom. The summed E-state index contributed by atoms with van der Waals surface area (Å²) in [6, 6.07) is 19.8. The molecule has 4 aromatic rings. The number of carbonyl (C=O) groups excluding carboxylic acids is 1. The summed E-state index contributed by atoms with van der Waals surface area (Å²) in [5.74, 6) is 0.246. The highest BCUT2D eigenvalue weighted by Gasteiger charge is 2.36. The Bertz CT molecular complexity index is 1420. The number of aryl methyl sites for hydroxylation is 1. The van der Waals surface area contributed by atoms with Gasteiger partial charge in [-0.2, -0.15) is 4.98 Å². The summed E-state index contributed by atoms with van der Waals surface area (Å²) in [6.07, 6.45) is 0. The van der Waals surface area contributed by atoms with E-state index in [1.54, 1.807) is 31.2 Å². The number of benzene rings is 3. The first-order valence-electron chi connectivity index (χ1n) is 10.6. The molecule has 0 saturated heterocycles. The lowest BCUT2D eigenvalue weighted by Gasteiger charge is -2.35. The van der Waals surface area contributed by atoms with Crippen LogP contribution in [0.15, 0.2) is 83.0 Å². The zero-order chi connectivity index (χ0) is 23.8. The van der Waals surface area contributed by atoms with E-state index < -0.39 is 11.9 Å². The van der Waals surface area contributed by atoms with Gasteiger partial charge in [0.25, 0.3) is 5.89 Å². The summed E-state index contributed by atoms with van der Waals surface area (Å²) < 4.78 is 19.8. The van der Waals surface area contributed by atoms with Crippen molar-refractivity contribution in [2.45, 2.75) is 19.9 Å². The van der Waals surface area contributed by atoms with Crippen molar-refractivity contribution in [3.63, 3.8) is 0 Å². The molecule has 3 aromatic carbocycles. The van der Waals surface area contributed by atoms with Crippen LogP contribution < -0.4 is 10.2 Å². The van der Waals surface area contributed by atoms with Crippen LogP contribution in [0.2, 0.25) is 5.02 Å². The zero-order valence-electron chi connectivity index (χ0n) is 18.4. The number of aromatic nitrogens is 2. The molecule has 34 heavy (non-hydrogen) atoms.